The Morgan fingerprint density at radius 2 is 2.36 bits per heavy atom. The molecule has 2 nitrogen and oxygen atoms in total. The first kappa shape index (κ1) is 9.46. The molecule has 0 saturated carbocycles. The normalized spacial score (nSPS) is 10.6. The molecule has 0 saturated heterocycles. The van der Waals surface area contributed by atoms with Crippen molar-refractivity contribution in [2.75, 3.05) is 0 Å². The van der Waals surface area contributed by atoms with Crippen molar-refractivity contribution in [3.63, 3.8) is 0 Å². The van der Waals surface area contributed by atoms with Crippen molar-refractivity contribution in [1.82, 2.24) is 9.78 Å². The largest absolute Gasteiger partial charge is 0.231 e. The zero-order valence-electron chi connectivity index (χ0n) is 8.31. The fourth-order valence-corrected chi connectivity index (χ4v) is 2.04. The number of aryl methyl sites for hydroxylation is 1. The van der Waals surface area contributed by atoms with E-state index in [1.165, 1.54) is 23.5 Å². The number of hydrogen-bond donors (Lipinski definition) is 0. The lowest BCUT2D eigenvalue weighted by atomic mass is 10.2. The third kappa shape index (κ3) is 2.04. The summed E-state index contributed by atoms with van der Waals surface area (Å²) in [5.74, 6) is 0. The lowest BCUT2D eigenvalue weighted by molar-refractivity contribution is 0.755. The Bertz CT molecular complexity index is 376. The monoisotopic (exact) mass is 206 g/mol. The fourth-order valence-electron chi connectivity index (χ4n) is 1.38. The molecule has 0 aromatic carbocycles. The maximum atomic E-state index is 4.52. The standard InChI is InChI=1S/C11H14N2S/c1-2-3-5-10-7-8-13(12-10)11-6-4-9-14-11/h4,6-9H,2-3,5H2,1H3. The molecular weight excluding hydrogens is 192 g/mol. The molecule has 0 aliphatic heterocycles. The Labute approximate surface area is 88.2 Å². The van der Waals surface area contributed by atoms with E-state index >= 15 is 0 Å². The second-order valence-corrected chi connectivity index (χ2v) is 4.23. The van der Waals surface area contributed by atoms with Crippen LogP contribution in [-0.4, -0.2) is 9.78 Å². The van der Waals surface area contributed by atoms with Crippen LogP contribution < -0.4 is 0 Å². The molecule has 2 rings (SSSR count). The first-order valence-corrected chi connectivity index (χ1v) is 5.86. The number of hydrogen-bond acceptors (Lipinski definition) is 2. The molecule has 3 heteroatoms. The highest BCUT2D eigenvalue weighted by molar-refractivity contribution is 7.12. The number of rotatable bonds is 4. The number of aromatic nitrogens is 2. The van der Waals surface area contributed by atoms with Gasteiger partial charge in [-0.2, -0.15) is 5.10 Å². The minimum Gasteiger partial charge on any atom is -0.231 e. The Balaban J connectivity index is 2.10. The van der Waals surface area contributed by atoms with Gasteiger partial charge in [0, 0.05) is 6.20 Å². The van der Waals surface area contributed by atoms with E-state index in [1.54, 1.807) is 11.3 Å². The molecule has 0 amide bonds. The Hall–Kier alpha value is -1.09. The van der Waals surface area contributed by atoms with Gasteiger partial charge in [0.15, 0.2) is 0 Å². The van der Waals surface area contributed by atoms with Crippen LogP contribution >= 0.6 is 11.3 Å². The molecule has 0 radical (unpaired) electrons. The van der Waals surface area contributed by atoms with Crippen molar-refractivity contribution in [2.45, 2.75) is 26.2 Å². The Kier molecular flexibility index (Phi) is 2.99. The van der Waals surface area contributed by atoms with E-state index in [1.807, 2.05) is 16.9 Å². The highest BCUT2D eigenvalue weighted by Gasteiger charge is 2.00. The number of unbranched alkanes of at least 4 members (excludes halogenated alkanes) is 1. The molecule has 14 heavy (non-hydrogen) atoms. The van der Waals surface area contributed by atoms with Gasteiger partial charge >= 0.3 is 0 Å². The molecule has 0 bridgehead atoms. The van der Waals surface area contributed by atoms with Crippen LogP contribution in [0.1, 0.15) is 25.5 Å². The first-order valence-electron chi connectivity index (χ1n) is 4.98. The van der Waals surface area contributed by atoms with E-state index in [-0.39, 0.29) is 0 Å². The molecule has 0 N–H and O–H groups in total. The summed E-state index contributed by atoms with van der Waals surface area (Å²) in [6.45, 7) is 2.20. The fraction of sp³-hybridized carbons (Fsp3) is 0.364. The van der Waals surface area contributed by atoms with Crippen LogP contribution in [0.25, 0.3) is 5.00 Å². The van der Waals surface area contributed by atoms with Crippen molar-refractivity contribution in [3.05, 3.63) is 35.5 Å². The van der Waals surface area contributed by atoms with Gasteiger partial charge in [0.05, 0.1) is 5.69 Å². The maximum Gasteiger partial charge on any atom is 0.117 e. The summed E-state index contributed by atoms with van der Waals surface area (Å²) in [7, 11) is 0. The van der Waals surface area contributed by atoms with Crippen LogP contribution in [0.5, 0.6) is 0 Å². The van der Waals surface area contributed by atoms with Gasteiger partial charge in [-0.25, -0.2) is 4.68 Å². The molecule has 0 aliphatic carbocycles. The molecule has 74 valence electrons. The van der Waals surface area contributed by atoms with Gasteiger partial charge in [0.25, 0.3) is 0 Å². The van der Waals surface area contributed by atoms with Crippen LogP contribution in [0.2, 0.25) is 0 Å². The summed E-state index contributed by atoms with van der Waals surface area (Å²) in [6, 6.07) is 6.24. The van der Waals surface area contributed by atoms with E-state index in [9.17, 15) is 0 Å². The van der Waals surface area contributed by atoms with Gasteiger partial charge in [-0.3, -0.25) is 0 Å². The summed E-state index contributed by atoms with van der Waals surface area (Å²) < 4.78 is 1.95. The van der Waals surface area contributed by atoms with Gasteiger partial charge < -0.3 is 0 Å². The van der Waals surface area contributed by atoms with E-state index in [2.05, 4.69) is 29.5 Å². The van der Waals surface area contributed by atoms with E-state index in [0.717, 1.165) is 6.42 Å². The van der Waals surface area contributed by atoms with Crippen LogP contribution in [0.4, 0.5) is 0 Å². The van der Waals surface area contributed by atoms with Crippen molar-refractivity contribution >= 4 is 11.3 Å². The molecule has 0 atom stereocenters. The minimum absolute atomic E-state index is 1.09. The summed E-state index contributed by atoms with van der Waals surface area (Å²) in [6.07, 6.45) is 5.58. The van der Waals surface area contributed by atoms with Crippen molar-refractivity contribution < 1.29 is 0 Å². The lowest BCUT2D eigenvalue weighted by Crippen LogP contribution is -1.93. The van der Waals surface area contributed by atoms with Crippen LogP contribution in [0, 0.1) is 0 Å². The highest BCUT2D eigenvalue weighted by atomic mass is 32.1. The van der Waals surface area contributed by atoms with Gasteiger partial charge in [0.1, 0.15) is 5.00 Å². The van der Waals surface area contributed by atoms with E-state index < -0.39 is 0 Å². The molecule has 0 unspecified atom stereocenters. The molecule has 2 heterocycles. The van der Waals surface area contributed by atoms with Crippen LogP contribution in [0.3, 0.4) is 0 Å². The Morgan fingerprint density at radius 1 is 1.43 bits per heavy atom. The number of thiophene rings is 1. The molecule has 2 aromatic heterocycles. The lowest BCUT2D eigenvalue weighted by Gasteiger charge is -1.95. The summed E-state index contributed by atoms with van der Waals surface area (Å²) in [5.41, 5.74) is 1.19. The van der Waals surface area contributed by atoms with Crippen molar-refractivity contribution in [3.8, 4) is 5.00 Å². The number of nitrogens with zero attached hydrogens (tertiary/aromatic N) is 2. The minimum atomic E-state index is 1.09. The smallest absolute Gasteiger partial charge is 0.117 e. The van der Waals surface area contributed by atoms with Gasteiger partial charge in [0.2, 0.25) is 0 Å². The zero-order chi connectivity index (χ0) is 9.80. The second-order valence-electron chi connectivity index (χ2n) is 3.31. The summed E-state index contributed by atoms with van der Waals surface area (Å²) in [5, 5.41) is 7.78. The summed E-state index contributed by atoms with van der Waals surface area (Å²) >= 11 is 1.71. The highest BCUT2D eigenvalue weighted by Crippen LogP contribution is 2.14. The molecule has 0 spiro atoms. The predicted molar refractivity (Wildman–Crippen MR) is 60.1 cm³/mol. The predicted octanol–water partition coefficient (Wildman–Crippen LogP) is 3.28. The third-order valence-corrected chi connectivity index (χ3v) is 3.02. The SMILES string of the molecule is CCCCc1ccn(-c2cccs2)n1. The van der Waals surface area contributed by atoms with E-state index in [4.69, 9.17) is 0 Å². The van der Waals surface area contributed by atoms with Gasteiger partial charge in [-0.1, -0.05) is 13.3 Å². The average molecular weight is 206 g/mol. The Morgan fingerprint density at radius 3 is 3.07 bits per heavy atom. The van der Waals surface area contributed by atoms with Crippen molar-refractivity contribution in [1.29, 1.82) is 0 Å². The molecule has 0 aliphatic rings. The quantitative estimate of drug-likeness (QED) is 0.750. The molecule has 0 fully saturated rings. The van der Waals surface area contributed by atoms with Gasteiger partial charge in [-0.05, 0) is 36.4 Å². The first-order chi connectivity index (χ1) is 6.90. The second kappa shape index (κ2) is 4.42. The maximum absolute atomic E-state index is 4.52. The molecular formula is C11H14N2S. The molecule has 2 aromatic rings. The van der Waals surface area contributed by atoms with Crippen LogP contribution in [-0.2, 0) is 6.42 Å². The van der Waals surface area contributed by atoms with Crippen molar-refractivity contribution in [2.24, 2.45) is 0 Å². The van der Waals surface area contributed by atoms with Crippen LogP contribution in [0.15, 0.2) is 29.8 Å². The van der Waals surface area contributed by atoms with E-state index in [0.29, 0.717) is 0 Å². The van der Waals surface area contributed by atoms with Gasteiger partial charge in [-0.15, -0.1) is 11.3 Å². The zero-order valence-corrected chi connectivity index (χ0v) is 9.13. The average Bonchev–Trinajstić information content (AvgIpc) is 2.85. The summed E-state index contributed by atoms with van der Waals surface area (Å²) in [4.78, 5) is 0. The topological polar surface area (TPSA) is 17.8 Å². The third-order valence-electron chi connectivity index (χ3n) is 2.16.